The first-order valence-corrected chi connectivity index (χ1v) is 8.51. The fraction of sp³-hybridized carbons (Fsp3) is 0.0500. The van der Waals surface area contributed by atoms with E-state index in [0.717, 1.165) is 21.3 Å². The molecule has 5 heteroatoms. The first kappa shape index (κ1) is 17.2. The van der Waals surface area contributed by atoms with Gasteiger partial charge in [-0.05, 0) is 48.0 Å². The van der Waals surface area contributed by atoms with Crippen LogP contribution in [0.5, 0.6) is 5.75 Å². The maximum Gasteiger partial charge on any atom is 0.123 e. The molecule has 0 aliphatic rings. The summed E-state index contributed by atoms with van der Waals surface area (Å²) in [5, 5.41) is 4.21. The average molecular weight is 399 g/mol. The third-order valence-corrected chi connectivity index (χ3v) is 4.21. The van der Waals surface area contributed by atoms with E-state index in [2.05, 4.69) is 26.5 Å². The lowest BCUT2D eigenvalue weighted by Gasteiger charge is -2.08. The highest BCUT2D eigenvalue weighted by atomic mass is 79.9. The van der Waals surface area contributed by atoms with Gasteiger partial charge in [-0.2, -0.15) is 5.10 Å². The Morgan fingerprint density at radius 3 is 2.68 bits per heavy atom. The predicted octanol–water partition coefficient (Wildman–Crippen LogP) is 5.61. The Bertz CT molecular complexity index is 869. The summed E-state index contributed by atoms with van der Waals surface area (Å²) in [6, 6.07) is 21.8. The summed E-state index contributed by atoms with van der Waals surface area (Å²) in [6.45, 7) is 0.279. The van der Waals surface area contributed by atoms with Gasteiger partial charge >= 0.3 is 0 Å². The zero-order chi connectivity index (χ0) is 17.5. The van der Waals surface area contributed by atoms with E-state index in [1.807, 2.05) is 54.6 Å². The Morgan fingerprint density at radius 2 is 1.84 bits per heavy atom. The lowest BCUT2D eigenvalue weighted by molar-refractivity contribution is 0.305. The van der Waals surface area contributed by atoms with Crippen molar-refractivity contribution >= 4 is 27.8 Å². The molecule has 0 saturated carbocycles. The Balaban J connectivity index is 1.62. The molecule has 0 aliphatic carbocycles. The van der Waals surface area contributed by atoms with Crippen molar-refractivity contribution in [2.75, 3.05) is 5.43 Å². The summed E-state index contributed by atoms with van der Waals surface area (Å²) < 4.78 is 19.9. The molecule has 0 amide bonds. The molecule has 25 heavy (non-hydrogen) atoms. The molecule has 0 aromatic heterocycles. The molecule has 0 fully saturated rings. The Kier molecular flexibility index (Phi) is 5.80. The van der Waals surface area contributed by atoms with Crippen LogP contribution in [0.3, 0.4) is 0 Å². The lowest BCUT2D eigenvalue weighted by atomic mass is 10.2. The van der Waals surface area contributed by atoms with Crippen molar-refractivity contribution in [2.45, 2.75) is 6.61 Å². The summed E-state index contributed by atoms with van der Waals surface area (Å²) in [5.74, 6) is 0.412. The number of rotatable bonds is 6. The number of nitrogens with zero attached hydrogens (tertiary/aromatic N) is 1. The van der Waals surface area contributed by atoms with E-state index in [1.54, 1.807) is 12.3 Å². The number of halogens is 2. The van der Waals surface area contributed by atoms with Gasteiger partial charge in [-0.15, -0.1) is 0 Å². The van der Waals surface area contributed by atoms with Crippen LogP contribution in [0, 0.1) is 5.82 Å². The second-order valence-corrected chi connectivity index (χ2v) is 6.19. The zero-order valence-electron chi connectivity index (χ0n) is 13.3. The molecule has 0 spiro atoms. The number of ether oxygens (including phenoxy) is 1. The number of hydrogen-bond donors (Lipinski definition) is 1. The molecule has 0 unspecified atom stereocenters. The zero-order valence-corrected chi connectivity index (χ0v) is 14.9. The van der Waals surface area contributed by atoms with Crippen LogP contribution in [0.1, 0.15) is 11.1 Å². The summed E-state index contributed by atoms with van der Waals surface area (Å²) in [5.41, 5.74) is 5.54. The summed E-state index contributed by atoms with van der Waals surface area (Å²) >= 11 is 3.40. The number of anilines is 1. The third-order valence-electron chi connectivity index (χ3n) is 3.44. The second-order valence-electron chi connectivity index (χ2n) is 5.33. The molecule has 0 radical (unpaired) electrons. The highest BCUT2D eigenvalue weighted by molar-refractivity contribution is 9.10. The highest BCUT2D eigenvalue weighted by Crippen LogP contribution is 2.21. The van der Waals surface area contributed by atoms with E-state index in [-0.39, 0.29) is 12.4 Å². The first-order valence-electron chi connectivity index (χ1n) is 7.71. The van der Waals surface area contributed by atoms with Crippen LogP contribution in [0.25, 0.3) is 0 Å². The standard InChI is InChI=1S/C20H16BrFN2O/c21-20-10-9-17(22)12-16(20)14-25-19-8-4-5-15(11-19)13-23-24-18-6-2-1-3-7-18/h1-13,24H,14H2. The molecule has 0 atom stereocenters. The van der Waals surface area contributed by atoms with Crippen LogP contribution in [-0.4, -0.2) is 6.21 Å². The van der Waals surface area contributed by atoms with Crippen LogP contribution in [0.2, 0.25) is 0 Å². The number of hydrazone groups is 1. The quantitative estimate of drug-likeness (QED) is 0.432. The van der Waals surface area contributed by atoms with Gasteiger partial charge in [0.15, 0.2) is 0 Å². The van der Waals surface area contributed by atoms with Crippen molar-refractivity contribution < 1.29 is 9.13 Å². The molecule has 0 aliphatic heterocycles. The van der Waals surface area contributed by atoms with Crippen LogP contribution in [0.15, 0.2) is 82.4 Å². The fourth-order valence-electron chi connectivity index (χ4n) is 2.19. The lowest BCUT2D eigenvalue weighted by Crippen LogP contribution is -1.98. The molecule has 0 heterocycles. The highest BCUT2D eigenvalue weighted by Gasteiger charge is 2.03. The van der Waals surface area contributed by atoms with Gasteiger partial charge in [-0.3, -0.25) is 5.43 Å². The van der Waals surface area contributed by atoms with Crippen molar-refractivity contribution in [3.05, 3.63) is 94.2 Å². The molecule has 1 N–H and O–H groups in total. The van der Waals surface area contributed by atoms with Crippen molar-refractivity contribution in [3.63, 3.8) is 0 Å². The molecule has 0 saturated heterocycles. The van der Waals surface area contributed by atoms with Crippen LogP contribution in [0.4, 0.5) is 10.1 Å². The summed E-state index contributed by atoms with van der Waals surface area (Å²) in [4.78, 5) is 0. The van der Waals surface area contributed by atoms with E-state index in [0.29, 0.717) is 5.75 Å². The van der Waals surface area contributed by atoms with Gasteiger partial charge < -0.3 is 4.74 Å². The number of nitrogens with one attached hydrogen (secondary N) is 1. The minimum Gasteiger partial charge on any atom is -0.489 e. The van der Waals surface area contributed by atoms with Gasteiger partial charge in [0.1, 0.15) is 18.2 Å². The molecular formula is C20H16BrFN2O. The minimum atomic E-state index is -0.283. The van der Waals surface area contributed by atoms with Gasteiger partial charge in [-0.25, -0.2) is 4.39 Å². The summed E-state index contributed by atoms with van der Waals surface area (Å²) in [6.07, 6.45) is 1.72. The monoisotopic (exact) mass is 398 g/mol. The minimum absolute atomic E-state index is 0.279. The Morgan fingerprint density at radius 1 is 1.00 bits per heavy atom. The predicted molar refractivity (Wildman–Crippen MR) is 103 cm³/mol. The van der Waals surface area contributed by atoms with E-state index in [1.165, 1.54) is 12.1 Å². The molecule has 3 nitrogen and oxygen atoms in total. The number of para-hydroxylation sites is 1. The fourth-order valence-corrected chi connectivity index (χ4v) is 2.55. The van der Waals surface area contributed by atoms with Gasteiger partial charge in [0.2, 0.25) is 0 Å². The van der Waals surface area contributed by atoms with Crippen LogP contribution < -0.4 is 10.2 Å². The van der Waals surface area contributed by atoms with Crippen molar-refractivity contribution in [1.82, 2.24) is 0 Å². The van der Waals surface area contributed by atoms with Gasteiger partial charge in [0.05, 0.1) is 11.9 Å². The van der Waals surface area contributed by atoms with Gasteiger partial charge in [-0.1, -0.05) is 46.3 Å². The number of hydrogen-bond acceptors (Lipinski definition) is 3. The maximum atomic E-state index is 13.3. The number of benzene rings is 3. The van der Waals surface area contributed by atoms with Crippen LogP contribution in [-0.2, 0) is 6.61 Å². The molecule has 0 bridgehead atoms. The molecule has 126 valence electrons. The Labute approximate surface area is 154 Å². The van der Waals surface area contributed by atoms with Gasteiger partial charge in [0, 0.05) is 10.0 Å². The van der Waals surface area contributed by atoms with Crippen molar-refractivity contribution in [2.24, 2.45) is 5.10 Å². The normalized spacial score (nSPS) is 10.8. The largest absolute Gasteiger partial charge is 0.489 e. The third kappa shape index (κ3) is 5.16. The van der Waals surface area contributed by atoms with Crippen molar-refractivity contribution in [3.8, 4) is 5.75 Å². The Hall–Kier alpha value is -2.66. The van der Waals surface area contributed by atoms with E-state index in [9.17, 15) is 4.39 Å². The van der Waals surface area contributed by atoms with E-state index < -0.39 is 0 Å². The second kappa shape index (κ2) is 8.44. The SMILES string of the molecule is Fc1ccc(Br)c(COc2cccc(C=NNc3ccccc3)c2)c1. The summed E-state index contributed by atoms with van der Waals surface area (Å²) in [7, 11) is 0. The van der Waals surface area contributed by atoms with Gasteiger partial charge in [0.25, 0.3) is 0 Å². The van der Waals surface area contributed by atoms with Crippen LogP contribution >= 0.6 is 15.9 Å². The van der Waals surface area contributed by atoms with E-state index in [4.69, 9.17) is 4.74 Å². The average Bonchev–Trinajstić information content (AvgIpc) is 2.64. The molecule has 3 aromatic carbocycles. The topological polar surface area (TPSA) is 33.6 Å². The van der Waals surface area contributed by atoms with Crippen molar-refractivity contribution in [1.29, 1.82) is 0 Å². The molecular weight excluding hydrogens is 383 g/mol. The van der Waals surface area contributed by atoms with E-state index >= 15 is 0 Å². The molecule has 3 aromatic rings. The molecule has 3 rings (SSSR count). The smallest absolute Gasteiger partial charge is 0.123 e. The first-order chi connectivity index (χ1) is 12.2. The maximum absolute atomic E-state index is 13.3.